The summed E-state index contributed by atoms with van der Waals surface area (Å²) in [5.74, 6) is 2.07. The van der Waals surface area contributed by atoms with Crippen LogP contribution in [0, 0.1) is 17.3 Å². The summed E-state index contributed by atoms with van der Waals surface area (Å²) in [6, 6.07) is 0. The van der Waals surface area contributed by atoms with Gasteiger partial charge in [-0.05, 0) is 37.1 Å². The Bertz CT molecular complexity index is 201. The van der Waals surface area contributed by atoms with E-state index in [-0.39, 0.29) is 0 Å². The van der Waals surface area contributed by atoms with E-state index in [0.717, 1.165) is 18.4 Å². The Morgan fingerprint density at radius 3 is 2.33 bits per heavy atom. The first kappa shape index (κ1) is 11.4. The minimum absolute atomic E-state index is 0.424. The number of nitrogens with zero attached hydrogens (tertiary/aromatic N) is 1. The summed E-state index contributed by atoms with van der Waals surface area (Å²) >= 11 is 0. The van der Waals surface area contributed by atoms with Gasteiger partial charge in [-0.15, -0.1) is 0 Å². The summed E-state index contributed by atoms with van der Waals surface area (Å²) in [7, 11) is 2.06. The van der Waals surface area contributed by atoms with E-state index in [1.807, 2.05) is 0 Å². The van der Waals surface area contributed by atoms with E-state index < -0.39 is 0 Å². The van der Waals surface area contributed by atoms with E-state index in [1.165, 1.54) is 38.9 Å². The van der Waals surface area contributed by atoms with Gasteiger partial charge in [0.25, 0.3) is 0 Å². The van der Waals surface area contributed by atoms with Gasteiger partial charge in [-0.2, -0.15) is 0 Å². The summed E-state index contributed by atoms with van der Waals surface area (Å²) in [5, 5.41) is 3.31. The van der Waals surface area contributed by atoms with E-state index in [0.29, 0.717) is 5.41 Å². The maximum absolute atomic E-state index is 3.31. The number of hydrogen-bond donors (Lipinski definition) is 1. The van der Waals surface area contributed by atoms with Crippen LogP contribution in [0.2, 0.25) is 0 Å². The van der Waals surface area contributed by atoms with Gasteiger partial charge in [0.05, 0.1) is 0 Å². The molecule has 2 fully saturated rings. The Kier molecular flexibility index (Phi) is 3.36. The molecule has 0 spiro atoms. The molecule has 1 N–H and O–H groups in total. The van der Waals surface area contributed by atoms with Crippen LogP contribution in [0.25, 0.3) is 0 Å². The molecular formula is C13H26N2. The second-order valence-electron chi connectivity index (χ2n) is 6.34. The maximum Gasteiger partial charge on any atom is 0.00451 e. The predicted octanol–water partition coefficient (Wildman–Crippen LogP) is 1.96. The average Bonchev–Trinajstić information content (AvgIpc) is 2.61. The molecule has 1 saturated carbocycles. The summed E-state index contributed by atoms with van der Waals surface area (Å²) in [4.78, 5) is 2.70. The van der Waals surface area contributed by atoms with Crippen LogP contribution in [0.5, 0.6) is 0 Å². The van der Waals surface area contributed by atoms with Crippen molar-refractivity contribution in [3.05, 3.63) is 0 Å². The highest BCUT2D eigenvalue weighted by atomic mass is 15.2. The Morgan fingerprint density at radius 1 is 1.20 bits per heavy atom. The van der Waals surface area contributed by atoms with Gasteiger partial charge in [-0.3, -0.25) is 0 Å². The highest BCUT2D eigenvalue weighted by Crippen LogP contribution is 2.38. The van der Waals surface area contributed by atoms with Gasteiger partial charge in [-0.1, -0.05) is 20.3 Å². The first-order valence-electron chi connectivity index (χ1n) is 6.48. The second-order valence-corrected chi connectivity index (χ2v) is 6.34. The molecule has 0 aromatic carbocycles. The monoisotopic (exact) mass is 210 g/mol. The number of hydrogen-bond acceptors (Lipinski definition) is 2. The minimum Gasteiger partial charge on any atom is -0.319 e. The third-order valence-electron chi connectivity index (χ3n) is 4.11. The molecule has 15 heavy (non-hydrogen) atoms. The van der Waals surface area contributed by atoms with Crippen molar-refractivity contribution < 1.29 is 0 Å². The molecule has 2 heteroatoms. The SMILES string of the molecule is CNCC(C)(C)CN1CC2CCCC2C1. The van der Waals surface area contributed by atoms with E-state index in [4.69, 9.17) is 0 Å². The van der Waals surface area contributed by atoms with Crippen LogP contribution in [0.4, 0.5) is 0 Å². The van der Waals surface area contributed by atoms with Gasteiger partial charge in [0, 0.05) is 26.2 Å². The molecule has 2 aliphatic rings. The normalized spacial score (nSPS) is 32.2. The Balaban J connectivity index is 1.81. The number of nitrogens with one attached hydrogen (secondary N) is 1. The van der Waals surface area contributed by atoms with Crippen molar-refractivity contribution in [2.75, 3.05) is 33.2 Å². The lowest BCUT2D eigenvalue weighted by Gasteiger charge is -2.30. The number of fused-ring (bicyclic) bond motifs is 1. The molecule has 0 aromatic rings. The first-order valence-corrected chi connectivity index (χ1v) is 6.48. The molecule has 2 unspecified atom stereocenters. The average molecular weight is 210 g/mol. The van der Waals surface area contributed by atoms with Gasteiger partial charge < -0.3 is 10.2 Å². The molecule has 2 atom stereocenters. The van der Waals surface area contributed by atoms with E-state index >= 15 is 0 Å². The Hall–Kier alpha value is -0.0800. The van der Waals surface area contributed by atoms with Crippen LogP contribution in [-0.4, -0.2) is 38.1 Å². The van der Waals surface area contributed by atoms with Gasteiger partial charge in [0.2, 0.25) is 0 Å². The molecule has 0 bridgehead atoms. The Labute approximate surface area is 94.4 Å². The van der Waals surface area contributed by atoms with Crippen LogP contribution in [0.3, 0.4) is 0 Å². The minimum atomic E-state index is 0.424. The molecule has 2 rings (SSSR count). The van der Waals surface area contributed by atoms with E-state index in [2.05, 4.69) is 31.1 Å². The third-order valence-corrected chi connectivity index (χ3v) is 4.11. The van der Waals surface area contributed by atoms with Gasteiger partial charge >= 0.3 is 0 Å². The molecule has 0 radical (unpaired) electrons. The summed E-state index contributed by atoms with van der Waals surface area (Å²) in [5.41, 5.74) is 0.424. The van der Waals surface area contributed by atoms with Crippen molar-refractivity contribution in [2.24, 2.45) is 17.3 Å². The maximum atomic E-state index is 3.31. The molecule has 1 aliphatic carbocycles. The molecule has 2 nitrogen and oxygen atoms in total. The largest absolute Gasteiger partial charge is 0.319 e. The van der Waals surface area contributed by atoms with Crippen LogP contribution in [0.15, 0.2) is 0 Å². The number of rotatable bonds is 4. The van der Waals surface area contributed by atoms with Crippen molar-refractivity contribution in [2.45, 2.75) is 33.1 Å². The molecule has 1 aliphatic heterocycles. The first-order chi connectivity index (χ1) is 7.11. The zero-order valence-electron chi connectivity index (χ0n) is 10.6. The smallest absolute Gasteiger partial charge is 0.00451 e. The zero-order chi connectivity index (χ0) is 10.9. The van der Waals surface area contributed by atoms with Crippen LogP contribution >= 0.6 is 0 Å². The molecular weight excluding hydrogens is 184 g/mol. The highest BCUT2D eigenvalue weighted by Gasteiger charge is 2.37. The standard InChI is InChI=1S/C13H26N2/c1-13(2,9-14-3)10-15-7-11-5-4-6-12(11)8-15/h11-12,14H,4-10H2,1-3H3. The number of likely N-dealkylation sites (tertiary alicyclic amines) is 1. The molecule has 1 heterocycles. The summed E-state index contributed by atoms with van der Waals surface area (Å²) < 4.78 is 0. The quantitative estimate of drug-likeness (QED) is 0.763. The lowest BCUT2D eigenvalue weighted by molar-refractivity contribution is 0.196. The van der Waals surface area contributed by atoms with Gasteiger partial charge in [0.1, 0.15) is 0 Å². The van der Waals surface area contributed by atoms with E-state index in [1.54, 1.807) is 0 Å². The fraction of sp³-hybridized carbons (Fsp3) is 1.00. The van der Waals surface area contributed by atoms with Gasteiger partial charge in [-0.25, -0.2) is 0 Å². The van der Waals surface area contributed by atoms with Crippen LogP contribution in [-0.2, 0) is 0 Å². The second kappa shape index (κ2) is 4.42. The third kappa shape index (κ3) is 2.73. The molecule has 1 saturated heterocycles. The zero-order valence-corrected chi connectivity index (χ0v) is 10.6. The fourth-order valence-corrected chi connectivity index (χ4v) is 3.60. The van der Waals surface area contributed by atoms with Crippen molar-refractivity contribution in [1.82, 2.24) is 10.2 Å². The van der Waals surface area contributed by atoms with Crippen LogP contribution in [0.1, 0.15) is 33.1 Å². The topological polar surface area (TPSA) is 15.3 Å². The summed E-state index contributed by atoms with van der Waals surface area (Å²) in [6.45, 7) is 9.88. The van der Waals surface area contributed by atoms with E-state index in [9.17, 15) is 0 Å². The fourth-order valence-electron chi connectivity index (χ4n) is 3.60. The lowest BCUT2D eigenvalue weighted by atomic mass is 9.93. The highest BCUT2D eigenvalue weighted by molar-refractivity contribution is 4.90. The van der Waals surface area contributed by atoms with Crippen molar-refractivity contribution in [3.63, 3.8) is 0 Å². The van der Waals surface area contributed by atoms with Crippen molar-refractivity contribution in [1.29, 1.82) is 0 Å². The lowest BCUT2D eigenvalue weighted by Crippen LogP contribution is -2.39. The van der Waals surface area contributed by atoms with Crippen molar-refractivity contribution in [3.8, 4) is 0 Å². The Morgan fingerprint density at radius 2 is 1.80 bits per heavy atom. The van der Waals surface area contributed by atoms with Crippen LogP contribution < -0.4 is 5.32 Å². The molecule has 0 aromatic heterocycles. The van der Waals surface area contributed by atoms with Gasteiger partial charge in [0.15, 0.2) is 0 Å². The van der Waals surface area contributed by atoms with Crippen molar-refractivity contribution >= 4 is 0 Å². The predicted molar refractivity (Wildman–Crippen MR) is 65.0 cm³/mol. The molecule has 0 amide bonds. The molecule has 88 valence electrons. The summed E-state index contributed by atoms with van der Waals surface area (Å²) in [6.07, 6.45) is 4.48.